The van der Waals surface area contributed by atoms with Crippen molar-refractivity contribution in [3.63, 3.8) is 0 Å². The Morgan fingerprint density at radius 2 is 1.85 bits per heavy atom. The molecule has 0 spiro atoms. The topological polar surface area (TPSA) is 38.4 Å². The summed E-state index contributed by atoms with van der Waals surface area (Å²) >= 11 is 3.35. The van der Waals surface area contributed by atoms with Crippen molar-refractivity contribution in [3.8, 4) is 0 Å². The average molecular weight is 329 g/mol. The highest BCUT2D eigenvalue weighted by molar-refractivity contribution is 9.10. The normalized spacial score (nSPS) is 14.7. The number of hydrazone groups is 1. The lowest BCUT2D eigenvalue weighted by Crippen LogP contribution is -2.25. The van der Waals surface area contributed by atoms with Gasteiger partial charge in [-0.2, -0.15) is 0 Å². The lowest BCUT2D eigenvalue weighted by Gasteiger charge is -2.11. The summed E-state index contributed by atoms with van der Waals surface area (Å²) in [6.45, 7) is 0.735. The summed E-state index contributed by atoms with van der Waals surface area (Å²) in [4.78, 5) is 0. The van der Waals surface area contributed by atoms with Crippen LogP contribution in [0.2, 0.25) is 0 Å². The van der Waals surface area contributed by atoms with Crippen LogP contribution in [-0.4, -0.2) is 23.3 Å². The molecule has 0 aromatic heterocycles. The van der Waals surface area contributed by atoms with Gasteiger partial charge in [-0.3, -0.25) is 0 Å². The lowest BCUT2D eigenvalue weighted by atomic mass is 10.0. The van der Waals surface area contributed by atoms with E-state index in [9.17, 15) is 5.11 Å². The summed E-state index contributed by atoms with van der Waals surface area (Å²) in [6, 6.07) is 15.4. The van der Waals surface area contributed by atoms with E-state index in [1.807, 2.05) is 36.5 Å². The largest absolute Gasteiger partial charge is 0.854 e. The van der Waals surface area contributed by atoms with Gasteiger partial charge in [0, 0.05) is 16.5 Å². The predicted molar refractivity (Wildman–Crippen MR) is 81.1 cm³/mol. The molecule has 0 amide bonds. The summed E-state index contributed by atoms with van der Waals surface area (Å²) in [5, 5.41) is 16.3. The van der Waals surface area contributed by atoms with Gasteiger partial charge in [-0.15, -0.1) is 0 Å². The molecule has 3 rings (SSSR count). The van der Waals surface area contributed by atoms with Gasteiger partial charge in [0.1, 0.15) is 0 Å². The van der Waals surface area contributed by atoms with Crippen LogP contribution < -0.4 is 5.11 Å². The van der Waals surface area contributed by atoms with Crippen molar-refractivity contribution in [2.75, 3.05) is 6.54 Å². The third kappa shape index (κ3) is 2.80. The lowest BCUT2D eigenvalue weighted by molar-refractivity contribution is -0.533. The first-order valence-electron chi connectivity index (χ1n) is 6.43. The van der Waals surface area contributed by atoms with Crippen molar-refractivity contribution in [2.24, 2.45) is 5.10 Å². The Balaban J connectivity index is 1.89. The molecule has 0 atom stereocenters. The van der Waals surface area contributed by atoms with Gasteiger partial charge in [0.2, 0.25) is 6.21 Å². The van der Waals surface area contributed by atoms with E-state index in [4.69, 9.17) is 0 Å². The standard InChI is InChI=1S/C16H13BrN2O/c17-15-7-5-13(6-8-15)16(20)18-19-10-9-12-3-1-2-4-14(12)11-19/h1-8,11H,9-10H2. The van der Waals surface area contributed by atoms with E-state index in [0.717, 1.165) is 23.0 Å². The number of halogens is 1. The third-order valence-corrected chi connectivity index (χ3v) is 3.79. The quantitative estimate of drug-likeness (QED) is 0.473. The summed E-state index contributed by atoms with van der Waals surface area (Å²) in [6.07, 6.45) is 2.83. The van der Waals surface area contributed by atoms with Crippen LogP contribution in [0.4, 0.5) is 0 Å². The van der Waals surface area contributed by atoms with Crippen molar-refractivity contribution in [2.45, 2.75) is 6.42 Å². The monoisotopic (exact) mass is 328 g/mol. The van der Waals surface area contributed by atoms with Crippen molar-refractivity contribution >= 4 is 28.0 Å². The fourth-order valence-electron chi connectivity index (χ4n) is 2.19. The molecule has 0 saturated heterocycles. The minimum Gasteiger partial charge on any atom is -0.854 e. The van der Waals surface area contributed by atoms with Gasteiger partial charge in [0.25, 0.3) is 0 Å². The Bertz CT molecular complexity index is 690. The van der Waals surface area contributed by atoms with Crippen LogP contribution in [0.1, 0.15) is 16.7 Å². The van der Waals surface area contributed by atoms with Crippen LogP contribution in [-0.2, 0) is 6.42 Å². The van der Waals surface area contributed by atoms with E-state index in [0.29, 0.717) is 5.56 Å². The molecule has 3 nitrogen and oxygen atoms in total. The maximum atomic E-state index is 12.1. The van der Waals surface area contributed by atoms with E-state index in [-0.39, 0.29) is 5.90 Å². The molecule has 1 heterocycles. The van der Waals surface area contributed by atoms with Gasteiger partial charge in [0.15, 0.2) is 6.54 Å². The van der Waals surface area contributed by atoms with Gasteiger partial charge in [-0.25, -0.2) is 0 Å². The molecule has 1 aliphatic heterocycles. The van der Waals surface area contributed by atoms with Gasteiger partial charge in [-0.1, -0.05) is 50.9 Å². The second kappa shape index (κ2) is 5.59. The highest BCUT2D eigenvalue weighted by Gasteiger charge is 2.14. The van der Waals surface area contributed by atoms with Gasteiger partial charge in [-0.05, 0) is 34.4 Å². The first-order valence-corrected chi connectivity index (χ1v) is 7.23. The minimum absolute atomic E-state index is 0.215. The van der Waals surface area contributed by atoms with Gasteiger partial charge < -0.3 is 5.11 Å². The highest BCUT2D eigenvalue weighted by Crippen LogP contribution is 2.12. The Morgan fingerprint density at radius 3 is 2.65 bits per heavy atom. The molecule has 2 aromatic rings. The smallest absolute Gasteiger partial charge is 0.203 e. The summed E-state index contributed by atoms with van der Waals surface area (Å²) < 4.78 is 2.68. The highest BCUT2D eigenvalue weighted by atomic mass is 79.9. The molecule has 20 heavy (non-hydrogen) atoms. The number of benzene rings is 2. The van der Waals surface area contributed by atoms with Crippen molar-refractivity contribution < 1.29 is 9.79 Å². The first-order chi connectivity index (χ1) is 9.72. The zero-order valence-electron chi connectivity index (χ0n) is 10.8. The molecular formula is C16H13BrN2O. The maximum Gasteiger partial charge on any atom is 0.203 e. The molecule has 0 unspecified atom stereocenters. The minimum atomic E-state index is -0.215. The number of rotatable bonds is 2. The Morgan fingerprint density at radius 1 is 1.10 bits per heavy atom. The second-order valence-electron chi connectivity index (χ2n) is 4.65. The molecule has 0 radical (unpaired) electrons. The van der Waals surface area contributed by atoms with Crippen molar-refractivity contribution in [1.29, 1.82) is 0 Å². The van der Waals surface area contributed by atoms with Gasteiger partial charge >= 0.3 is 0 Å². The molecule has 1 aliphatic rings. The fourth-order valence-corrected chi connectivity index (χ4v) is 2.46. The van der Waals surface area contributed by atoms with Crippen LogP contribution in [0.3, 0.4) is 0 Å². The van der Waals surface area contributed by atoms with Crippen LogP contribution in [0, 0.1) is 0 Å². The molecule has 2 aromatic carbocycles. The molecular weight excluding hydrogens is 316 g/mol. The summed E-state index contributed by atoms with van der Waals surface area (Å²) in [5.74, 6) is -0.215. The number of fused-ring (bicyclic) bond motifs is 1. The molecule has 0 bridgehead atoms. The SMILES string of the molecule is [O-]/C(=N\[N+]1=Cc2ccccc2CC1)c1ccc(Br)cc1. The molecule has 0 N–H and O–H groups in total. The number of nitrogens with zero attached hydrogens (tertiary/aromatic N) is 2. The predicted octanol–water partition coefficient (Wildman–Crippen LogP) is 2.16. The summed E-state index contributed by atoms with van der Waals surface area (Å²) in [5.41, 5.74) is 3.03. The summed E-state index contributed by atoms with van der Waals surface area (Å²) in [7, 11) is 0. The van der Waals surface area contributed by atoms with E-state index in [2.05, 4.69) is 27.1 Å². The van der Waals surface area contributed by atoms with Crippen molar-refractivity contribution in [3.05, 3.63) is 69.7 Å². The van der Waals surface area contributed by atoms with E-state index in [1.54, 1.807) is 16.8 Å². The Labute approximate surface area is 126 Å². The zero-order chi connectivity index (χ0) is 13.9. The molecule has 0 fully saturated rings. The van der Waals surface area contributed by atoms with Crippen LogP contribution in [0.15, 0.2) is 58.1 Å². The fraction of sp³-hybridized carbons (Fsp3) is 0.125. The molecule has 0 aliphatic carbocycles. The average Bonchev–Trinajstić information content (AvgIpc) is 2.48. The third-order valence-electron chi connectivity index (χ3n) is 3.26. The van der Waals surface area contributed by atoms with E-state index in [1.165, 1.54) is 5.56 Å². The van der Waals surface area contributed by atoms with E-state index >= 15 is 0 Å². The van der Waals surface area contributed by atoms with Crippen LogP contribution in [0.25, 0.3) is 0 Å². The Hall–Kier alpha value is -1.94. The van der Waals surface area contributed by atoms with Crippen LogP contribution >= 0.6 is 15.9 Å². The first kappa shape index (κ1) is 13.1. The van der Waals surface area contributed by atoms with Gasteiger partial charge in [0.05, 0.1) is 5.90 Å². The van der Waals surface area contributed by atoms with Crippen molar-refractivity contribution in [1.82, 2.24) is 0 Å². The number of hydrogen-bond donors (Lipinski definition) is 0. The van der Waals surface area contributed by atoms with Crippen LogP contribution in [0.5, 0.6) is 0 Å². The zero-order valence-corrected chi connectivity index (χ0v) is 12.4. The number of hydrogen-bond acceptors (Lipinski definition) is 2. The molecule has 4 heteroatoms. The molecule has 0 saturated carbocycles. The maximum absolute atomic E-state index is 12.1. The van der Waals surface area contributed by atoms with E-state index < -0.39 is 0 Å². The Kier molecular flexibility index (Phi) is 3.65. The second-order valence-corrected chi connectivity index (χ2v) is 5.57. The molecule has 100 valence electrons.